The van der Waals surface area contributed by atoms with Crippen LogP contribution in [0.4, 0.5) is 34.1 Å². The monoisotopic (exact) mass is 747 g/mol. The number of benzene rings is 5. The Morgan fingerprint density at radius 1 is 0.732 bits per heavy atom. The zero-order chi connectivity index (χ0) is 37.9. The number of nitrogens with zero attached hydrogens (tertiary/aromatic N) is 3. The van der Waals surface area contributed by atoms with Crippen molar-refractivity contribution in [1.82, 2.24) is 0 Å². The van der Waals surface area contributed by atoms with Crippen LogP contribution in [0.3, 0.4) is 0 Å². The van der Waals surface area contributed by atoms with Crippen LogP contribution in [0.5, 0.6) is 0 Å². The lowest BCUT2D eigenvalue weighted by atomic mass is 9.33. The number of fused-ring (bicyclic) bond motifs is 13. The topological polar surface area (TPSA) is 9.72 Å². The van der Waals surface area contributed by atoms with Crippen LogP contribution in [0.2, 0.25) is 0 Å². The maximum atomic E-state index is 3.05. The molecule has 0 radical (unpaired) electrons. The highest BCUT2D eigenvalue weighted by atomic mass is 32.2. The predicted molar refractivity (Wildman–Crippen MR) is 238 cm³/mol. The quantitative estimate of drug-likeness (QED) is 0.166. The van der Waals surface area contributed by atoms with Gasteiger partial charge in [0.25, 0.3) is 0 Å². The van der Waals surface area contributed by atoms with Crippen molar-refractivity contribution in [3.63, 3.8) is 0 Å². The second kappa shape index (κ2) is 11.1. The summed E-state index contributed by atoms with van der Waals surface area (Å²) in [7, 11) is 0. The fraction of sp³-hybridized carbons (Fsp3) is 0.333. The summed E-state index contributed by atoms with van der Waals surface area (Å²) in [4.78, 5) is 9.92. The van der Waals surface area contributed by atoms with Crippen LogP contribution in [0.1, 0.15) is 84.4 Å². The second-order valence-corrected chi connectivity index (χ2v) is 20.6. The molecule has 3 nitrogen and oxygen atoms in total. The van der Waals surface area contributed by atoms with Gasteiger partial charge < -0.3 is 14.7 Å². The third kappa shape index (κ3) is 3.94. The van der Waals surface area contributed by atoms with Gasteiger partial charge in [-0.25, -0.2) is 0 Å². The fourth-order valence-electron chi connectivity index (χ4n) is 13.0. The number of hydrogen-bond acceptors (Lipinski definition) is 4. The van der Waals surface area contributed by atoms with Gasteiger partial charge in [0.05, 0.1) is 23.5 Å². The van der Waals surface area contributed by atoms with Gasteiger partial charge in [-0.15, -0.1) is 11.8 Å². The largest absolute Gasteiger partial charge is 0.355 e. The molecule has 5 aromatic carbocycles. The summed E-state index contributed by atoms with van der Waals surface area (Å²) in [5.74, 6) is 0. The van der Waals surface area contributed by atoms with E-state index in [1.807, 2.05) is 0 Å². The van der Waals surface area contributed by atoms with E-state index < -0.39 is 0 Å². The van der Waals surface area contributed by atoms with Gasteiger partial charge in [0.15, 0.2) is 0 Å². The van der Waals surface area contributed by atoms with Crippen LogP contribution in [0, 0.1) is 16.2 Å². The molecule has 0 N–H and O–H groups in total. The van der Waals surface area contributed by atoms with Gasteiger partial charge in [-0.05, 0) is 95.3 Å². The van der Waals surface area contributed by atoms with Crippen molar-refractivity contribution in [2.24, 2.45) is 16.2 Å². The van der Waals surface area contributed by atoms with E-state index in [-0.39, 0.29) is 40.6 Å². The Labute approximate surface area is 337 Å². The van der Waals surface area contributed by atoms with Crippen LogP contribution < -0.4 is 25.6 Å². The van der Waals surface area contributed by atoms with E-state index in [2.05, 4.69) is 195 Å². The molecule has 6 atom stereocenters. The second-order valence-electron chi connectivity index (χ2n) is 19.3. The van der Waals surface area contributed by atoms with Gasteiger partial charge in [0.1, 0.15) is 0 Å². The van der Waals surface area contributed by atoms with Crippen molar-refractivity contribution in [2.45, 2.75) is 94.9 Å². The molecule has 5 heterocycles. The first-order valence-electron chi connectivity index (χ1n) is 21.0. The molecule has 278 valence electrons. The van der Waals surface area contributed by atoms with E-state index in [1.54, 1.807) is 0 Å². The Morgan fingerprint density at radius 3 is 2.18 bits per heavy atom. The molecule has 0 bridgehead atoms. The van der Waals surface area contributed by atoms with Crippen LogP contribution in [-0.2, 0) is 0 Å². The van der Waals surface area contributed by atoms with Gasteiger partial charge in [-0.3, -0.25) is 0 Å². The Kier molecular flexibility index (Phi) is 6.63. The third-order valence-corrected chi connectivity index (χ3v) is 17.3. The molecule has 5 heteroatoms. The lowest BCUT2D eigenvalue weighted by molar-refractivity contribution is 0.0446. The molecule has 1 saturated carbocycles. The van der Waals surface area contributed by atoms with Gasteiger partial charge in [0, 0.05) is 54.7 Å². The number of rotatable bonds is 2. The lowest BCUT2D eigenvalue weighted by Gasteiger charge is -2.55. The third-order valence-electron chi connectivity index (χ3n) is 15.9. The van der Waals surface area contributed by atoms with E-state index >= 15 is 0 Å². The Bertz CT molecular complexity index is 2560. The minimum atomic E-state index is -0.0207. The summed E-state index contributed by atoms with van der Waals surface area (Å²) in [5.41, 5.74) is 17.1. The van der Waals surface area contributed by atoms with E-state index in [1.165, 1.54) is 97.9 Å². The molecular formula is C51H50BN3S. The molecule has 6 unspecified atom stereocenters. The summed E-state index contributed by atoms with van der Waals surface area (Å²) in [6, 6.07) is 44.4. The van der Waals surface area contributed by atoms with Crippen molar-refractivity contribution in [2.75, 3.05) is 14.7 Å². The van der Waals surface area contributed by atoms with Crippen molar-refractivity contribution >= 4 is 69.1 Å². The van der Waals surface area contributed by atoms with Crippen LogP contribution in [-0.4, -0.2) is 23.4 Å². The Balaban J connectivity index is 1.26. The van der Waals surface area contributed by atoms with E-state index in [0.29, 0.717) is 5.15 Å². The van der Waals surface area contributed by atoms with Gasteiger partial charge in [-0.1, -0.05) is 132 Å². The van der Waals surface area contributed by atoms with Crippen LogP contribution in [0.15, 0.2) is 138 Å². The molecule has 56 heavy (non-hydrogen) atoms. The molecule has 0 spiro atoms. The average Bonchev–Trinajstić information content (AvgIpc) is 3.81. The van der Waals surface area contributed by atoms with Crippen molar-refractivity contribution < 1.29 is 0 Å². The maximum absolute atomic E-state index is 3.05. The summed E-state index contributed by atoms with van der Waals surface area (Å²) < 4.78 is 0. The molecule has 1 saturated heterocycles. The van der Waals surface area contributed by atoms with E-state index in [9.17, 15) is 0 Å². The molecule has 0 aromatic heterocycles. The zero-order valence-electron chi connectivity index (χ0n) is 33.5. The molecule has 7 aliphatic rings. The highest BCUT2D eigenvalue weighted by molar-refractivity contribution is 8.02. The minimum absolute atomic E-state index is 0.00763. The van der Waals surface area contributed by atoms with E-state index in [0.717, 1.165) is 0 Å². The molecule has 12 rings (SSSR count). The molecule has 5 aliphatic heterocycles. The number of allylic oxidation sites excluding steroid dienone is 2. The maximum Gasteiger partial charge on any atom is 0.233 e. The first-order chi connectivity index (χ1) is 27.1. The Morgan fingerprint density at radius 2 is 1.41 bits per heavy atom. The minimum Gasteiger partial charge on any atom is -0.355 e. The SMILES string of the molecule is CC(C)(C)C1=CC2(C)C3C(=C1)c1cc4c5c(c1N3C1(C)CCCCC21C)N(c1ccccc1)C1c2ccccc2SC1B5c1ccccc1N4c1ccccc1. The normalized spacial score (nSPS) is 30.1. The van der Waals surface area contributed by atoms with Crippen molar-refractivity contribution in [1.29, 1.82) is 0 Å². The Hall–Kier alpha value is -4.61. The average molecular weight is 748 g/mol. The number of para-hydroxylation sites is 3. The van der Waals surface area contributed by atoms with Gasteiger partial charge in [0.2, 0.25) is 6.71 Å². The highest BCUT2D eigenvalue weighted by Gasteiger charge is 2.73. The summed E-state index contributed by atoms with van der Waals surface area (Å²) in [6.07, 6.45) is 10.5. The molecule has 2 aliphatic carbocycles. The number of anilines is 6. The highest BCUT2D eigenvalue weighted by Crippen LogP contribution is 2.75. The number of thioether (sulfide) groups is 1. The standard InChI is InChI=1S/C51H50BN3S/c1-48(2,3)32-29-37-36-30-40-42-45(43(36)55-46(37)49(4,31-32)50(5)27-17-18-28-51(50,55)6)54(34-21-11-8-12-22-34)44-35-23-13-16-26-41(35)56-47(44)52(42)38-24-14-15-25-39(38)53(40)33-19-9-7-10-20-33/h7-16,19-26,29-31,44,46-47H,17-18,27-28H2,1-6H3. The zero-order valence-corrected chi connectivity index (χ0v) is 34.3. The van der Waals surface area contributed by atoms with Gasteiger partial charge in [-0.2, -0.15) is 0 Å². The molecule has 5 aromatic rings. The van der Waals surface area contributed by atoms with Crippen molar-refractivity contribution in [3.05, 3.63) is 144 Å². The van der Waals surface area contributed by atoms with Crippen LogP contribution >= 0.6 is 11.8 Å². The van der Waals surface area contributed by atoms with Crippen molar-refractivity contribution in [3.8, 4) is 0 Å². The number of hydrogen-bond donors (Lipinski definition) is 0. The van der Waals surface area contributed by atoms with E-state index in [4.69, 9.17) is 0 Å². The fourth-order valence-corrected chi connectivity index (χ4v) is 14.6. The predicted octanol–water partition coefficient (Wildman–Crippen LogP) is 11.9. The smallest absolute Gasteiger partial charge is 0.233 e. The first-order valence-corrected chi connectivity index (χ1v) is 21.9. The summed E-state index contributed by atoms with van der Waals surface area (Å²) in [6.45, 7) is 15.5. The molecule has 0 amide bonds. The van der Waals surface area contributed by atoms with Crippen LogP contribution in [0.25, 0.3) is 5.57 Å². The molecule has 2 fully saturated rings. The first kappa shape index (κ1) is 33.5. The lowest BCUT2D eigenvalue weighted by Crippen LogP contribution is -2.63. The molecular weight excluding hydrogens is 697 g/mol. The summed E-state index contributed by atoms with van der Waals surface area (Å²) in [5, 5.41) is 0.312. The summed E-state index contributed by atoms with van der Waals surface area (Å²) >= 11 is 2.11. The van der Waals surface area contributed by atoms with Gasteiger partial charge >= 0.3 is 0 Å².